The number of benzene rings is 1. The van der Waals surface area contributed by atoms with Crippen molar-refractivity contribution in [2.24, 2.45) is 5.10 Å². The molecule has 0 aliphatic heterocycles. The van der Waals surface area contributed by atoms with Gasteiger partial charge in [0.05, 0.1) is 10.7 Å². The Morgan fingerprint density at radius 1 is 1.32 bits per heavy atom. The molecular weight excluding hydrogens is 486 g/mol. The molecule has 3 aromatic rings. The summed E-state index contributed by atoms with van der Waals surface area (Å²) in [5.74, 6) is 0.224. The van der Waals surface area contributed by atoms with E-state index < -0.39 is 5.91 Å². The molecule has 0 unspecified atom stereocenters. The molecule has 0 spiro atoms. The summed E-state index contributed by atoms with van der Waals surface area (Å²) in [6, 6.07) is 8.49. The molecule has 8 heteroatoms. The molecule has 1 aromatic carbocycles. The second kappa shape index (κ2) is 6.43. The Morgan fingerprint density at radius 3 is 2.86 bits per heavy atom. The third-order valence-corrected chi connectivity index (χ3v) is 5.09. The first-order valence-corrected chi connectivity index (χ1v) is 8.25. The van der Waals surface area contributed by atoms with Crippen LogP contribution < -0.4 is 5.43 Å². The highest BCUT2D eigenvalue weighted by atomic mass is 127. The highest BCUT2D eigenvalue weighted by molar-refractivity contribution is 14.1. The van der Waals surface area contributed by atoms with E-state index in [0.29, 0.717) is 20.1 Å². The van der Waals surface area contributed by atoms with E-state index in [-0.39, 0.29) is 5.76 Å². The van der Waals surface area contributed by atoms with Gasteiger partial charge < -0.3 is 8.83 Å². The lowest BCUT2D eigenvalue weighted by Crippen LogP contribution is -2.16. The molecule has 0 radical (unpaired) electrons. The number of rotatable bonds is 3. The quantitative estimate of drug-likeness (QED) is 0.324. The maximum Gasteiger partial charge on any atom is 0.307 e. The van der Waals surface area contributed by atoms with Crippen LogP contribution in [0.1, 0.15) is 16.3 Å². The fourth-order valence-electron chi connectivity index (χ4n) is 1.76. The van der Waals surface area contributed by atoms with Crippen LogP contribution in [-0.2, 0) is 0 Å². The van der Waals surface area contributed by atoms with Crippen molar-refractivity contribution in [3.05, 3.63) is 55.1 Å². The molecule has 0 atom stereocenters. The van der Waals surface area contributed by atoms with Gasteiger partial charge in [-0.05, 0) is 40.2 Å². The van der Waals surface area contributed by atoms with Crippen molar-refractivity contribution < 1.29 is 13.6 Å². The van der Waals surface area contributed by atoms with Gasteiger partial charge in [0, 0.05) is 39.1 Å². The molecule has 0 saturated heterocycles. The van der Waals surface area contributed by atoms with Crippen LogP contribution >= 0.6 is 50.1 Å². The number of hydrazone groups is 1. The van der Waals surface area contributed by atoms with Crippen LogP contribution in [0.25, 0.3) is 11.0 Å². The Hall–Kier alpha value is -1.32. The van der Waals surface area contributed by atoms with E-state index in [1.54, 1.807) is 30.3 Å². The SMILES string of the molecule is O=C(N/N=C\c1cc(Br)c(I)o1)c1cc2cc(Cl)ccc2o1. The average molecular weight is 493 g/mol. The van der Waals surface area contributed by atoms with Crippen molar-refractivity contribution in [1.82, 2.24) is 5.43 Å². The van der Waals surface area contributed by atoms with Crippen molar-refractivity contribution in [3.63, 3.8) is 0 Å². The summed E-state index contributed by atoms with van der Waals surface area (Å²) in [7, 11) is 0. The standard InChI is InChI=1S/C14H7BrClIN2O3/c15-10-5-9(21-13(10)17)6-18-19-14(20)12-4-7-3-8(16)1-2-11(7)22-12/h1-6H,(H,19,20)/b18-6-. The summed E-state index contributed by atoms with van der Waals surface area (Å²) in [4.78, 5) is 12.0. The van der Waals surface area contributed by atoms with Crippen LogP contribution in [0, 0.1) is 3.77 Å². The molecule has 3 rings (SSSR count). The number of carbonyl (C=O) groups excluding carboxylic acids is 1. The Kier molecular flexibility index (Phi) is 4.55. The first-order valence-electron chi connectivity index (χ1n) is 6.00. The van der Waals surface area contributed by atoms with Gasteiger partial charge in [-0.3, -0.25) is 4.79 Å². The predicted octanol–water partition coefficient (Wildman–Crippen LogP) is 4.81. The molecule has 0 aliphatic rings. The Morgan fingerprint density at radius 2 is 2.14 bits per heavy atom. The molecule has 1 N–H and O–H groups in total. The first-order chi connectivity index (χ1) is 10.5. The molecule has 0 aliphatic carbocycles. The molecule has 5 nitrogen and oxygen atoms in total. The highest BCUT2D eigenvalue weighted by Gasteiger charge is 2.12. The van der Waals surface area contributed by atoms with Crippen molar-refractivity contribution in [2.45, 2.75) is 0 Å². The number of nitrogens with one attached hydrogen (secondary N) is 1. The van der Waals surface area contributed by atoms with Gasteiger partial charge in [0.2, 0.25) is 0 Å². The molecule has 112 valence electrons. The second-order valence-electron chi connectivity index (χ2n) is 4.26. The summed E-state index contributed by atoms with van der Waals surface area (Å²) in [6.07, 6.45) is 1.41. The van der Waals surface area contributed by atoms with Gasteiger partial charge in [0.15, 0.2) is 9.53 Å². The van der Waals surface area contributed by atoms with Crippen LogP contribution in [0.4, 0.5) is 0 Å². The van der Waals surface area contributed by atoms with E-state index in [9.17, 15) is 4.79 Å². The van der Waals surface area contributed by atoms with Crippen molar-refractivity contribution in [3.8, 4) is 0 Å². The van der Waals surface area contributed by atoms with E-state index in [1.165, 1.54) is 6.21 Å². The number of halogens is 3. The maximum atomic E-state index is 12.0. The Labute approximate surface area is 151 Å². The van der Waals surface area contributed by atoms with E-state index >= 15 is 0 Å². The van der Waals surface area contributed by atoms with Crippen LogP contribution in [0.15, 0.2) is 48.7 Å². The summed E-state index contributed by atoms with van der Waals surface area (Å²) in [5.41, 5.74) is 2.96. The number of furan rings is 2. The summed E-state index contributed by atoms with van der Waals surface area (Å²) in [5, 5.41) is 5.17. The number of nitrogens with zero attached hydrogens (tertiary/aromatic N) is 1. The molecule has 0 saturated carbocycles. The fraction of sp³-hybridized carbons (Fsp3) is 0. The van der Waals surface area contributed by atoms with Crippen LogP contribution in [0.2, 0.25) is 5.02 Å². The van der Waals surface area contributed by atoms with E-state index in [1.807, 2.05) is 22.6 Å². The normalized spacial score (nSPS) is 11.4. The zero-order valence-electron chi connectivity index (χ0n) is 10.8. The van der Waals surface area contributed by atoms with Gasteiger partial charge in [-0.15, -0.1) is 0 Å². The smallest absolute Gasteiger partial charge is 0.307 e. The monoisotopic (exact) mass is 492 g/mol. The average Bonchev–Trinajstić information content (AvgIpc) is 3.02. The van der Waals surface area contributed by atoms with Crippen molar-refractivity contribution in [2.75, 3.05) is 0 Å². The van der Waals surface area contributed by atoms with Gasteiger partial charge in [0.1, 0.15) is 11.3 Å². The maximum absolute atomic E-state index is 12.0. The zero-order valence-corrected chi connectivity index (χ0v) is 15.3. The minimum Gasteiger partial charge on any atom is -0.451 e. The van der Waals surface area contributed by atoms with Gasteiger partial charge in [-0.25, -0.2) is 5.43 Å². The number of carbonyl (C=O) groups is 1. The van der Waals surface area contributed by atoms with Crippen molar-refractivity contribution in [1.29, 1.82) is 0 Å². The second-order valence-corrected chi connectivity index (χ2v) is 6.53. The molecule has 2 aromatic heterocycles. The predicted molar refractivity (Wildman–Crippen MR) is 95.4 cm³/mol. The highest BCUT2D eigenvalue weighted by Crippen LogP contribution is 2.23. The molecule has 0 bridgehead atoms. The van der Waals surface area contributed by atoms with Crippen LogP contribution in [0.5, 0.6) is 0 Å². The van der Waals surface area contributed by atoms with Crippen molar-refractivity contribution >= 4 is 73.2 Å². The Bertz CT molecular complexity index is 868. The van der Waals surface area contributed by atoms with Crippen LogP contribution in [0.3, 0.4) is 0 Å². The van der Waals surface area contributed by atoms with E-state index in [0.717, 1.165) is 9.86 Å². The fourth-order valence-corrected chi connectivity index (χ4v) is 2.66. The van der Waals surface area contributed by atoms with Gasteiger partial charge >= 0.3 is 5.91 Å². The summed E-state index contributed by atoms with van der Waals surface area (Å²) < 4.78 is 12.3. The lowest BCUT2D eigenvalue weighted by Gasteiger charge is -1.93. The topological polar surface area (TPSA) is 67.7 Å². The number of hydrogen-bond donors (Lipinski definition) is 1. The molecule has 0 fully saturated rings. The lowest BCUT2D eigenvalue weighted by molar-refractivity contribution is 0.0929. The molecule has 1 amide bonds. The van der Waals surface area contributed by atoms with Gasteiger partial charge in [-0.1, -0.05) is 11.6 Å². The van der Waals surface area contributed by atoms with E-state index in [2.05, 4.69) is 26.5 Å². The number of hydrogen-bond acceptors (Lipinski definition) is 4. The molecule has 2 heterocycles. The lowest BCUT2D eigenvalue weighted by atomic mass is 10.2. The van der Waals surface area contributed by atoms with E-state index in [4.69, 9.17) is 20.4 Å². The first kappa shape index (κ1) is 15.6. The molecule has 22 heavy (non-hydrogen) atoms. The number of fused-ring (bicyclic) bond motifs is 1. The Balaban J connectivity index is 1.72. The minimum atomic E-state index is -0.455. The summed E-state index contributed by atoms with van der Waals surface area (Å²) >= 11 is 11.3. The zero-order chi connectivity index (χ0) is 15.7. The summed E-state index contributed by atoms with van der Waals surface area (Å²) in [6.45, 7) is 0. The third-order valence-electron chi connectivity index (χ3n) is 2.72. The minimum absolute atomic E-state index is 0.157. The van der Waals surface area contributed by atoms with Gasteiger partial charge in [0.25, 0.3) is 0 Å². The number of amides is 1. The van der Waals surface area contributed by atoms with Crippen LogP contribution in [-0.4, -0.2) is 12.1 Å². The molecular formula is C14H7BrClIN2O3. The third kappa shape index (κ3) is 3.36. The largest absolute Gasteiger partial charge is 0.451 e. The van der Waals surface area contributed by atoms with Gasteiger partial charge in [-0.2, -0.15) is 5.10 Å².